The van der Waals surface area contributed by atoms with Gasteiger partial charge in [-0.25, -0.2) is 9.97 Å². The zero-order chi connectivity index (χ0) is 18.1. The lowest BCUT2D eigenvalue weighted by atomic mass is 9.83. The first kappa shape index (κ1) is 16.9. The lowest BCUT2D eigenvalue weighted by molar-refractivity contribution is -0.0968. The summed E-state index contributed by atoms with van der Waals surface area (Å²) in [5, 5.41) is 0. The van der Waals surface area contributed by atoms with E-state index in [1.54, 1.807) is 25.6 Å². The Morgan fingerprint density at radius 1 is 1.27 bits per heavy atom. The molecule has 0 atom stereocenters. The Hall–Kier alpha value is -2.54. The number of fused-ring (bicyclic) bond motifs is 2. The molecule has 1 spiro atoms. The number of hydrogen-bond acceptors (Lipinski definition) is 6. The highest BCUT2D eigenvalue weighted by molar-refractivity contribution is 5.94. The molecule has 7 heteroatoms. The third-order valence-electron chi connectivity index (χ3n) is 5.22. The molecule has 136 valence electrons. The van der Waals surface area contributed by atoms with Crippen molar-refractivity contribution in [2.24, 2.45) is 0 Å². The van der Waals surface area contributed by atoms with Crippen molar-refractivity contribution in [1.29, 1.82) is 0 Å². The van der Waals surface area contributed by atoms with Crippen molar-refractivity contribution in [3.63, 3.8) is 0 Å². The molecule has 2 aliphatic rings. The molecule has 2 aliphatic heterocycles. The predicted molar refractivity (Wildman–Crippen MR) is 94.0 cm³/mol. The maximum atomic E-state index is 12.8. The van der Waals surface area contributed by atoms with Crippen LogP contribution >= 0.6 is 0 Å². The number of carbonyl (C=O) groups excluding carboxylic acids is 1. The van der Waals surface area contributed by atoms with Crippen LogP contribution in [-0.4, -0.2) is 52.6 Å². The van der Waals surface area contributed by atoms with Gasteiger partial charge in [0, 0.05) is 25.5 Å². The van der Waals surface area contributed by atoms with Crippen molar-refractivity contribution in [3.8, 4) is 5.75 Å². The number of rotatable bonds is 2. The van der Waals surface area contributed by atoms with Crippen LogP contribution in [0.4, 0.5) is 0 Å². The Labute approximate surface area is 152 Å². The van der Waals surface area contributed by atoms with E-state index in [1.165, 1.54) is 5.56 Å². The van der Waals surface area contributed by atoms with Crippen LogP contribution in [0.3, 0.4) is 0 Å². The van der Waals surface area contributed by atoms with E-state index in [9.17, 15) is 4.79 Å². The van der Waals surface area contributed by atoms with Gasteiger partial charge in [0.1, 0.15) is 17.2 Å². The first-order valence-corrected chi connectivity index (χ1v) is 8.86. The molecule has 2 aromatic heterocycles. The van der Waals surface area contributed by atoms with E-state index in [0.717, 1.165) is 30.8 Å². The number of pyridine rings is 1. The summed E-state index contributed by atoms with van der Waals surface area (Å²) in [6, 6.07) is 1.72. The minimum atomic E-state index is -0.398. The van der Waals surface area contributed by atoms with Crippen LogP contribution in [0.25, 0.3) is 0 Å². The van der Waals surface area contributed by atoms with Crippen molar-refractivity contribution in [2.75, 3.05) is 26.8 Å². The average Bonchev–Trinajstić information content (AvgIpc) is 2.69. The number of piperidine rings is 1. The summed E-state index contributed by atoms with van der Waals surface area (Å²) in [4.78, 5) is 27.7. The number of likely N-dealkylation sites (tertiary alicyclic amines) is 1. The van der Waals surface area contributed by atoms with Crippen LogP contribution < -0.4 is 4.74 Å². The van der Waals surface area contributed by atoms with Crippen molar-refractivity contribution in [1.82, 2.24) is 19.9 Å². The zero-order valence-corrected chi connectivity index (χ0v) is 15.1. The number of carbonyl (C=O) groups is 1. The fourth-order valence-electron chi connectivity index (χ4n) is 3.78. The van der Waals surface area contributed by atoms with Crippen LogP contribution in [0.15, 0.2) is 24.7 Å². The summed E-state index contributed by atoms with van der Waals surface area (Å²) >= 11 is 0. The van der Waals surface area contributed by atoms with E-state index in [-0.39, 0.29) is 5.91 Å². The number of hydrogen-bond donors (Lipinski definition) is 0. The first-order valence-electron chi connectivity index (χ1n) is 8.86. The lowest BCUT2D eigenvalue weighted by Crippen LogP contribution is -2.49. The highest BCUT2D eigenvalue weighted by Gasteiger charge is 2.43. The third kappa shape index (κ3) is 2.92. The van der Waals surface area contributed by atoms with Crippen LogP contribution in [0.5, 0.6) is 5.75 Å². The summed E-state index contributed by atoms with van der Waals surface area (Å²) in [5.74, 6) is 1.32. The fourth-order valence-corrected chi connectivity index (χ4v) is 3.78. The first-order chi connectivity index (χ1) is 12.6. The standard InChI is InChI=1S/C19H22N4O3/c1-13-21-11-14-3-8-26-19(17(14)22-13)4-6-23(7-5-19)18(24)15-9-16(25-2)12-20-10-15/h9-12H,3-8H2,1-2H3. The van der Waals surface area contributed by atoms with Gasteiger partial charge in [-0.3, -0.25) is 9.78 Å². The van der Waals surface area contributed by atoms with Gasteiger partial charge in [-0.1, -0.05) is 0 Å². The van der Waals surface area contributed by atoms with Gasteiger partial charge in [-0.15, -0.1) is 0 Å². The number of amides is 1. The SMILES string of the molecule is COc1cncc(C(=O)N2CCC3(CC2)OCCc2cnc(C)nc23)c1. The molecule has 0 radical (unpaired) electrons. The van der Waals surface area contributed by atoms with Crippen LogP contribution in [-0.2, 0) is 16.8 Å². The number of methoxy groups -OCH3 is 1. The number of aryl methyl sites for hydroxylation is 1. The molecule has 4 rings (SSSR count). The molecule has 0 N–H and O–H groups in total. The number of ether oxygens (including phenoxy) is 2. The molecule has 0 aliphatic carbocycles. The van der Waals surface area contributed by atoms with E-state index in [2.05, 4.69) is 15.0 Å². The molecular formula is C19H22N4O3. The molecule has 1 saturated heterocycles. The Morgan fingerprint density at radius 3 is 2.85 bits per heavy atom. The Kier molecular flexibility index (Phi) is 4.32. The molecule has 0 aromatic carbocycles. The Balaban J connectivity index is 1.53. The molecule has 0 saturated carbocycles. The average molecular weight is 354 g/mol. The van der Waals surface area contributed by atoms with Crippen LogP contribution in [0.2, 0.25) is 0 Å². The second kappa shape index (κ2) is 6.64. The normalized spacial score (nSPS) is 18.5. The van der Waals surface area contributed by atoms with E-state index in [1.807, 2.05) is 18.0 Å². The minimum Gasteiger partial charge on any atom is -0.495 e. The summed E-state index contributed by atoms with van der Waals surface area (Å²) in [6.45, 7) is 3.82. The topological polar surface area (TPSA) is 77.4 Å². The Bertz CT molecular complexity index is 831. The van der Waals surface area contributed by atoms with Crippen LogP contribution in [0.1, 0.15) is 40.3 Å². The zero-order valence-electron chi connectivity index (χ0n) is 15.1. The second-order valence-corrected chi connectivity index (χ2v) is 6.79. The summed E-state index contributed by atoms with van der Waals surface area (Å²) in [6.07, 6.45) is 7.41. The van der Waals surface area contributed by atoms with Gasteiger partial charge in [0.15, 0.2) is 0 Å². The summed E-state index contributed by atoms with van der Waals surface area (Å²) in [7, 11) is 1.57. The maximum Gasteiger partial charge on any atom is 0.255 e. The van der Waals surface area contributed by atoms with E-state index >= 15 is 0 Å². The van der Waals surface area contributed by atoms with Crippen molar-refractivity contribution in [2.45, 2.75) is 31.8 Å². The fraction of sp³-hybridized carbons (Fsp3) is 0.474. The molecule has 0 bridgehead atoms. The highest BCUT2D eigenvalue weighted by Crippen LogP contribution is 2.40. The molecule has 1 amide bonds. The molecule has 2 aromatic rings. The summed E-state index contributed by atoms with van der Waals surface area (Å²) < 4.78 is 11.4. The third-order valence-corrected chi connectivity index (χ3v) is 5.22. The van der Waals surface area contributed by atoms with Gasteiger partial charge < -0.3 is 14.4 Å². The van der Waals surface area contributed by atoms with Gasteiger partial charge in [-0.05, 0) is 37.8 Å². The predicted octanol–water partition coefficient (Wildman–Crippen LogP) is 1.89. The van der Waals surface area contributed by atoms with Gasteiger partial charge in [0.2, 0.25) is 0 Å². The quantitative estimate of drug-likeness (QED) is 0.820. The number of nitrogens with zero attached hydrogens (tertiary/aromatic N) is 4. The highest BCUT2D eigenvalue weighted by atomic mass is 16.5. The summed E-state index contributed by atoms with van der Waals surface area (Å²) in [5.41, 5.74) is 2.32. The van der Waals surface area contributed by atoms with Crippen LogP contribution in [0, 0.1) is 6.92 Å². The molecule has 26 heavy (non-hydrogen) atoms. The van der Waals surface area contributed by atoms with Gasteiger partial charge >= 0.3 is 0 Å². The second-order valence-electron chi connectivity index (χ2n) is 6.79. The minimum absolute atomic E-state index is 0.0267. The molecular weight excluding hydrogens is 332 g/mol. The largest absolute Gasteiger partial charge is 0.495 e. The number of aromatic nitrogens is 3. The monoisotopic (exact) mass is 354 g/mol. The van der Waals surface area contributed by atoms with Gasteiger partial charge in [0.25, 0.3) is 5.91 Å². The van der Waals surface area contributed by atoms with Gasteiger partial charge in [0.05, 0.1) is 31.2 Å². The van der Waals surface area contributed by atoms with Crippen molar-refractivity contribution < 1.29 is 14.3 Å². The van der Waals surface area contributed by atoms with E-state index < -0.39 is 5.60 Å². The maximum absolute atomic E-state index is 12.8. The van der Waals surface area contributed by atoms with Crippen molar-refractivity contribution in [3.05, 3.63) is 47.3 Å². The molecule has 4 heterocycles. The van der Waals surface area contributed by atoms with E-state index in [0.29, 0.717) is 31.0 Å². The van der Waals surface area contributed by atoms with Gasteiger partial charge in [-0.2, -0.15) is 0 Å². The molecule has 0 unspecified atom stereocenters. The smallest absolute Gasteiger partial charge is 0.255 e. The molecule has 1 fully saturated rings. The molecule has 7 nitrogen and oxygen atoms in total. The lowest BCUT2D eigenvalue weighted by Gasteiger charge is -2.44. The van der Waals surface area contributed by atoms with E-state index in [4.69, 9.17) is 9.47 Å². The Morgan fingerprint density at radius 2 is 2.08 bits per heavy atom. The van der Waals surface area contributed by atoms with Crippen molar-refractivity contribution >= 4 is 5.91 Å².